The van der Waals surface area contributed by atoms with Crippen LogP contribution in [0.1, 0.15) is 41.4 Å². The number of nitrogens with one attached hydrogen (secondary N) is 1. The Morgan fingerprint density at radius 3 is 2.52 bits per heavy atom. The first-order chi connectivity index (χ1) is 13.6. The standard InChI is InChI=1S/C19H16ClF3N4O2/c1-10(2)17-13(18(29)26-14-7-12(20)4-5-15(14)28)9-25-27(17)16-6-3-11(8-24-16)19(21,22)23/h3-10,28H,1-2H3,(H,26,29). The average Bonchev–Trinajstić information content (AvgIpc) is 3.09. The van der Waals surface area contributed by atoms with Gasteiger partial charge < -0.3 is 10.4 Å². The molecule has 0 radical (unpaired) electrons. The van der Waals surface area contributed by atoms with E-state index in [1.807, 2.05) is 13.8 Å². The number of aromatic nitrogens is 3. The van der Waals surface area contributed by atoms with E-state index in [2.05, 4.69) is 15.4 Å². The maximum Gasteiger partial charge on any atom is 0.417 e. The highest BCUT2D eigenvalue weighted by atomic mass is 35.5. The molecule has 3 aromatic rings. The van der Waals surface area contributed by atoms with E-state index in [-0.39, 0.29) is 28.7 Å². The van der Waals surface area contributed by atoms with E-state index in [0.29, 0.717) is 16.9 Å². The van der Waals surface area contributed by atoms with Crippen LogP contribution in [0.15, 0.2) is 42.7 Å². The van der Waals surface area contributed by atoms with Gasteiger partial charge in [0.25, 0.3) is 5.91 Å². The Kier molecular flexibility index (Phi) is 5.52. The van der Waals surface area contributed by atoms with E-state index in [1.54, 1.807) is 0 Å². The van der Waals surface area contributed by atoms with Crippen molar-refractivity contribution in [1.82, 2.24) is 14.8 Å². The van der Waals surface area contributed by atoms with Gasteiger partial charge in [0.1, 0.15) is 5.75 Å². The zero-order valence-corrected chi connectivity index (χ0v) is 16.1. The van der Waals surface area contributed by atoms with E-state index < -0.39 is 17.6 Å². The van der Waals surface area contributed by atoms with Crippen LogP contribution in [0.2, 0.25) is 5.02 Å². The molecule has 29 heavy (non-hydrogen) atoms. The van der Waals surface area contributed by atoms with Crippen LogP contribution in [-0.4, -0.2) is 25.8 Å². The van der Waals surface area contributed by atoms with Crippen molar-refractivity contribution < 1.29 is 23.1 Å². The van der Waals surface area contributed by atoms with Crippen molar-refractivity contribution >= 4 is 23.2 Å². The summed E-state index contributed by atoms with van der Waals surface area (Å²) >= 11 is 5.89. The predicted molar refractivity (Wildman–Crippen MR) is 102 cm³/mol. The van der Waals surface area contributed by atoms with E-state index in [0.717, 1.165) is 6.07 Å². The molecule has 152 valence electrons. The molecule has 0 saturated heterocycles. The molecule has 2 N–H and O–H groups in total. The molecule has 3 rings (SSSR count). The Hall–Kier alpha value is -3.07. The summed E-state index contributed by atoms with van der Waals surface area (Å²) in [6, 6.07) is 6.30. The number of halogens is 4. The summed E-state index contributed by atoms with van der Waals surface area (Å²) in [5.41, 5.74) is -0.108. The fourth-order valence-electron chi connectivity index (χ4n) is 2.75. The second-order valence-corrected chi connectivity index (χ2v) is 6.96. The van der Waals surface area contributed by atoms with Crippen LogP contribution in [0, 0.1) is 0 Å². The van der Waals surface area contributed by atoms with Gasteiger partial charge in [-0.1, -0.05) is 25.4 Å². The second-order valence-electron chi connectivity index (χ2n) is 6.53. The number of anilines is 1. The number of aromatic hydroxyl groups is 1. The number of pyridine rings is 1. The highest BCUT2D eigenvalue weighted by Crippen LogP contribution is 2.30. The Bertz CT molecular complexity index is 1050. The number of rotatable bonds is 4. The molecule has 1 aromatic carbocycles. The molecule has 0 aliphatic carbocycles. The Morgan fingerprint density at radius 1 is 1.21 bits per heavy atom. The van der Waals surface area contributed by atoms with E-state index >= 15 is 0 Å². The van der Waals surface area contributed by atoms with Crippen molar-refractivity contribution in [2.45, 2.75) is 25.9 Å². The largest absolute Gasteiger partial charge is 0.506 e. The molecule has 0 atom stereocenters. The van der Waals surface area contributed by atoms with E-state index in [4.69, 9.17) is 11.6 Å². The molecule has 0 unspecified atom stereocenters. The smallest absolute Gasteiger partial charge is 0.417 e. The summed E-state index contributed by atoms with van der Waals surface area (Å²) in [5, 5.41) is 16.9. The van der Waals surface area contributed by atoms with Crippen LogP contribution in [0.5, 0.6) is 5.75 Å². The third kappa shape index (κ3) is 4.34. The van der Waals surface area contributed by atoms with E-state index in [1.165, 1.54) is 35.1 Å². The summed E-state index contributed by atoms with van der Waals surface area (Å²) < 4.78 is 39.6. The third-order valence-corrected chi connectivity index (χ3v) is 4.33. The van der Waals surface area contributed by atoms with Gasteiger partial charge >= 0.3 is 6.18 Å². The molecular formula is C19H16ClF3N4O2. The van der Waals surface area contributed by atoms with Gasteiger partial charge in [-0.05, 0) is 36.2 Å². The van der Waals surface area contributed by atoms with Gasteiger partial charge in [0.2, 0.25) is 0 Å². The molecule has 0 aliphatic heterocycles. The highest BCUT2D eigenvalue weighted by Gasteiger charge is 2.31. The molecular weight excluding hydrogens is 409 g/mol. The zero-order valence-electron chi connectivity index (χ0n) is 15.3. The molecule has 0 spiro atoms. The summed E-state index contributed by atoms with van der Waals surface area (Å²) in [4.78, 5) is 16.6. The molecule has 0 bridgehead atoms. The van der Waals surface area contributed by atoms with Crippen LogP contribution < -0.4 is 5.32 Å². The number of hydrogen-bond acceptors (Lipinski definition) is 4. The minimum Gasteiger partial charge on any atom is -0.506 e. The van der Waals surface area contributed by atoms with Gasteiger partial charge in [-0.3, -0.25) is 4.79 Å². The van der Waals surface area contributed by atoms with Crippen molar-refractivity contribution in [2.75, 3.05) is 5.32 Å². The number of carbonyl (C=O) groups excluding carboxylic acids is 1. The molecule has 0 saturated carbocycles. The fourth-order valence-corrected chi connectivity index (χ4v) is 2.92. The number of alkyl halides is 3. The number of phenolic OH excluding ortho intramolecular Hbond substituents is 1. The highest BCUT2D eigenvalue weighted by molar-refractivity contribution is 6.31. The second kappa shape index (κ2) is 7.75. The van der Waals surface area contributed by atoms with Crippen LogP contribution in [0.3, 0.4) is 0 Å². The summed E-state index contributed by atoms with van der Waals surface area (Å²) in [6.45, 7) is 3.62. The summed E-state index contributed by atoms with van der Waals surface area (Å²) in [7, 11) is 0. The molecule has 0 fully saturated rings. The van der Waals surface area contributed by atoms with Crippen LogP contribution in [0.4, 0.5) is 18.9 Å². The minimum atomic E-state index is -4.50. The number of phenols is 1. The zero-order chi connectivity index (χ0) is 21.3. The van der Waals surface area contributed by atoms with Gasteiger partial charge in [0.05, 0.1) is 28.7 Å². The van der Waals surface area contributed by atoms with Crippen molar-refractivity contribution in [3.05, 3.63) is 64.6 Å². The van der Waals surface area contributed by atoms with Gasteiger partial charge in [-0.15, -0.1) is 0 Å². The summed E-state index contributed by atoms with van der Waals surface area (Å²) in [5.74, 6) is -0.767. The molecule has 10 heteroatoms. The van der Waals surface area contributed by atoms with Crippen LogP contribution in [-0.2, 0) is 6.18 Å². The van der Waals surface area contributed by atoms with Crippen molar-refractivity contribution in [1.29, 1.82) is 0 Å². The number of carbonyl (C=O) groups is 1. The van der Waals surface area contributed by atoms with Crippen molar-refractivity contribution in [3.63, 3.8) is 0 Å². The number of amides is 1. The Morgan fingerprint density at radius 2 is 1.93 bits per heavy atom. The first kappa shape index (κ1) is 20.7. The fraction of sp³-hybridized carbons (Fsp3) is 0.211. The van der Waals surface area contributed by atoms with Crippen molar-refractivity contribution in [2.24, 2.45) is 0 Å². The summed E-state index contributed by atoms with van der Waals surface area (Å²) in [6.07, 6.45) is -2.49. The van der Waals surface area contributed by atoms with Gasteiger partial charge in [0.15, 0.2) is 5.82 Å². The monoisotopic (exact) mass is 424 g/mol. The lowest BCUT2D eigenvalue weighted by Crippen LogP contribution is -2.16. The maximum atomic E-state index is 12.8. The predicted octanol–water partition coefficient (Wildman–Crippen LogP) is 5.02. The van der Waals surface area contributed by atoms with Crippen LogP contribution in [0.25, 0.3) is 5.82 Å². The first-order valence-corrected chi connectivity index (χ1v) is 8.87. The van der Waals surface area contributed by atoms with Gasteiger partial charge in [0, 0.05) is 11.2 Å². The Balaban J connectivity index is 1.96. The quantitative estimate of drug-likeness (QED) is 0.576. The van der Waals surface area contributed by atoms with Crippen LogP contribution >= 0.6 is 11.6 Å². The number of benzene rings is 1. The average molecular weight is 425 g/mol. The number of hydrogen-bond donors (Lipinski definition) is 2. The SMILES string of the molecule is CC(C)c1c(C(=O)Nc2cc(Cl)ccc2O)cnn1-c1ccc(C(F)(F)F)cn1. The molecule has 1 amide bonds. The maximum absolute atomic E-state index is 12.8. The lowest BCUT2D eigenvalue weighted by molar-refractivity contribution is -0.137. The molecule has 0 aliphatic rings. The number of nitrogens with zero attached hydrogens (tertiary/aromatic N) is 3. The van der Waals surface area contributed by atoms with Crippen molar-refractivity contribution in [3.8, 4) is 11.6 Å². The molecule has 6 nitrogen and oxygen atoms in total. The van der Waals surface area contributed by atoms with Gasteiger partial charge in [-0.2, -0.15) is 18.3 Å². The minimum absolute atomic E-state index is 0.123. The first-order valence-electron chi connectivity index (χ1n) is 8.49. The molecule has 2 heterocycles. The Labute approximate surface area is 169 Å². The topological polar surface area (TPSA) is 80.0 Å². The lowest BCUT2D eigenvalue weighted by atomic mass is 10.1. The lowest BCUT2D eigenvalue weighted by Gasteiger charge is -2.13. The van der Waals surface area contributed by atoms with E-state index in [9.17, 15) is 23.1 Å². The normalized spacial score (nSPS) is 11.7. The van der Waals surface area contributed by atoms with Gasteiger partial charge in [-0.25, -0.2) is 9.67 Å². The third-order valence-electron chi connectivity index (χ3n) is 4.10. The molecule has 2 aromatic heterocycles.